The fourth-order valence-corrected chi connectivity index (χ4v) is 0.869. The minimum Gasteiger partial charge on any atom is -0.482 e. The van der Waals surface area contributed by atoms with Crippen LogP contribution >= 0.6 is 0 Å². The zero-order chi connectivity index (χ0) is 14.6. The zero-order valence-corrected chi connectivity index (χ0v) is 6.70. The molecule has 0 radical (unpaired) electrons. The van der Waals surface area contributed by atoms with Crippen LogP contribution in [0, 0.1) is 17.5 Å². The second kappa shape index (κ2) is 3.49. The molecular weight excluding hydrogens is 195 g/mol. The first-order chi connectivity index (χ1) is 8.52. The van der Waals surface area contributed by atoms with Crippen molar-refractivity contribution in [2.75, 3.05) is 13.0 Å². The molecule has 0 amide bonds. The van der Waals surface area contributed by atoms with Crippen LogP contribution in [0.2, 0.25) is 0 Å². The van der Waals surface area contributed by atoms with Gasteiger partial charge in [-0.05, 0) is 12.1 Å². The molecule has 0 bridgehead atoms. The van der Waals surface area contributed by atoms with Crippen LogP contribution in [-0.4, -0.2) is 19.1 Å². The van der Waals surface area contributed by atoms with Crippen molar-refractivity contribution in [2.24, 2.45) is 0 Å². The Morgan fingerprint density at radius 2 is 2.00 bits per heavy atom. The molecule has 1 aromatic carbocycles. The Bertz CT molecular complexity index is 525. The van der Waals surface area contributed by atoms with E-state index in [-0.39, 0.29) is 0 Å². The molecule has 1 aliphatic rings. The van der Waals surface area contributed by atoms with Gasteiger partial charge in [-0.15, -0.1) is 0 Å². The topological polar surface area (TPSA) is 21.3 Å². The SMILES string of the molecule is [2H]C1([2H])NC([2H])([2H])C1([2H])Oc1c(F)ccc(F)c1F. The van der Waals surface area contributed by atoms with Crippen molar-refractivity contribution < 1.29 is 24.8 Å². The molecule has 0 aromatic heterocycles. The van der Waals surface area contributed by atoms with Gasteiger partial charge in [-0.25, -0.2) is 8.78 Å². The standard InChI is InChI=1S/C9H8F3NO/c10-6-1-2-7(11)9(8(6)12)14-5-3-13-4-5/h1-2,5,13H,3-4H2/i3D2,4D2,5D. The lowest BCUT2D eigenvalue weighted by Crippen LogP contribution is -2.50. The Morgan fingerprint density at radius 3 is 2.64 bits per heavy atom. The molecule has 0 saturated carbocycles. The number of halogens is 3. The Balaban J connectivity index is 2.44. The van der Waals surface area contributed by atoms with Crippen LogP contribution < -0.4 is 10.1 Å². The van der Waals surface area contributed by atoms with Gasteiger partial charge in [-0.1, -0.05) is 0 Å². The van der Waals surface area contributed by atoms with Crippen LogP contribution in [0.5, 0.6) is 5.75 Å². The number of ether oxygens (including phenoxy) is 1. The summed E-state index contributed by atoms with van der Waals surface area (Å²) in [5.41, 5.74) is 0. The molecule has 0 aliphatic carbocycles. The summed E-state index contributed by atoms with van der Waals surface area (Å²) in [5.74, 6) is -5.88. The van der Waals surface area contributed by atoms with Crippen molar-refractivity contribution in [3.8, 4) is 5.75 Å². The van der Waals surface area contributed by atoms with Crippen LogP contribution in [0.4, 0.5) is 13.2 Å². The molecular formula is C9H8F3NO. The summed E-state index contributed by atoms with van der Waals surface area (Å²) in [5, 5.41) is 1.74. The van der Waals surface area contributed by atoms with E-state index in [1.807, 2.05) is 0 Å². The highest BCUT2D eigenvalue weighted by molar-refractivity contribution is 5.27. The third-order valence-corrected chi connectivity index (χ3v) is 1.56. The minimum absolute atomic E-state index is 0.496. The van der Waals surface area contributed by atoms with Crippen LogP contribution in [0.3, 0.4) is 0 Å². The second-order valence-electron chi connectivity index (χ2n) is 2.48. The van der Waals surface area contributed by atoms with Gasteiger partial charge < -0.3 is 10.1 Å². The first-order valence-electron chi connectivity index (χ1n) is 6.14. The third kappa shape index (κ3) is 1.55. The van der Waals surface area contributed by atoms with Gasteiger partial charge >= 0.3 is 0 Å². The van der Waals surface area contributed by atoms with Crippen molar-refractivity contribution in [1.29, 1.82) is 0 Å². The summed E-state index contributed by atoms with van der Waals surface area (Å²) in [4.78, 5) is 0. The van der Waals surface area contributed by atoms with E-state index >= 15 is 0 Å². The van der Waals surface area contributed by atoms with E-state index in [1.54, 1.807) is 5.32 Å². The summed E-state index contributed by atoms with van der Waals surface area (Å²) < 4.78 is 80.9. The van der Waals surface area contributed by atoms with E-state index in [4.69, 9.17) is 6.85 Å². The fourth-order valence-electron chi connectivity index (χ4n) is 0.869. The molecule has 5 heteroatoms. The maximum Gasteiger partial charge on any atom is 0.203 e. The summed E-state index contributed by atoms with van der Waals surface area (Å²) in [6.07, 6.45) is -2.95. The van der Waals surface area contributed by atoms with Gasteiger partial charge in [-0.2, -0.15) is 4.39 Å². The van der Waals surface area contributed by atoms with Gasteiger partial charge in [-0.3, -0.25) is 0 Å². The van der Waals surface area contributed by atoms with E-state index < -0.39 is 42.3 Å². The highest BCUT2D eigenvalue weighted by Crippen LogP contribution is 2.25. The normalized spacial score (nSPS) is 31.2. The van der Waals surface area contributed by atoms with E-state index in [1.165, 1.54) is 0 Å². The van der Waals surface area contributed by atoms with Crippen LogP contribution in [0.15, 0.2) is 12.1 Å². The minimum atomic E-state index is -2.95. The summed E-state index contributed by atoms with van der Waals surface area (Å²) in [6.45, 7) is -5.39. The highest BCUT2D eigenvalue weighted by atomic mass is 19.2. The monoisotopic (exact) mass is 208 g/mol. The second-order valence-corrected chi connectivity index (χ2v) is 2.48. The molecule has 1 aromatic rings. The van der Waals surface area contributed by atoms with Crippen molar-refractivity contribution >= 4 is 0 Å². The summed E-state index contributed by atoms with van der Waals surface area (Å²) in [6, 6.07) is 1.03. The van der Waals surface area contributed by atoms with Gasteiger partial charge in [0.25, 0.3) is 0 Å². The average Bonchev–Trinajstić information content (AvgIpc) is 2.27. The Morgan fingerprint density at radius 1 is 1.36 bits per heavy atom. The molecule has 1 saturated heterocycles. The van der Waals surface area contributed by atoms with Crippen molar-refractivity contribution in [3.63, 3.8) is 0 Å². The number of rotatable bonds is 2. The van der Waals surface area contributed by atoms with Gasteiger partial charge in [0.15, 0.2) is 17.4 Å². The fraction of sp³-hybridized carbons (Fsp3) is 0.333. The van der Waals surface area contributed by atoms with E-state index in [2.05, 4.69) is 4.74 Å². The van der Waals surface area contributed by atoms with Gasteiger partial charge in [0.2, 0.25) is 5.82 Å². The quantitative estimate of drug-likeness (QED) is 0.743. The predicted molar refractivity (Wildman–Crippen MR) is 43.6 cm³/mol. The van der Waals surface area contributed by atoms with Gasteiger partial charge in [0, 0.05) is 18.5 Å². The largest absolute Gasteiger partial charge is 0.482 e. The maximum atomic E-state index is 13.4. The van der Waals surface area contributed by atoms with Gasteiger partial charge in [0.1, 0.15) is 6.08 Å². The predicted octanol–water partition coefficient (Wildman–Crippen LogP) is 1.45. The molecule has 0 atom stereocenters. The lowest BCUT2D eigenvalue weighted by atomic mass is 10.2. The van der Waals surface area contributed by atoms with Crippen molar-refractivity contribution in [2.45, 2.75) is 6.08 Å². The number of hydrogen-bond acceptors (Lipinski definition) is 2. The molecule has 1 aliphatic heterocycles. The zero-order valence-electron chi connectivity index (χ0n) is 11.7. The molecule has 2 nitrogen and oxygen atoms in total. The third-order valence-electron chi connectivity index (χ3n) is 1.56. The molecule has 2 rings (SSSR count). The lowest BCUT2D eigenvalue weighted by Gasteiger charge is -2.28. The van der Waals surface area contributed by atoms with Crippen molar-refractivity contribution in [1.82, 2.24) is 5.32 Å². The summed E-state index contributed by atoms with van der Waals surface area (Å²) >= 11 is 0. The van der Waals surface area contributed by atoms with Gasteiger partial charge in [0.05, 0.1) is 1.37 Å². The van der Waals surface area contributed by atoms with E-state index in [0.29, 0.717) is 12.1 Å². The van der Waals surface area contributed by atoms with E-state index in [0.717, 1.165) is 0 Å². The Kier molecular flexibility index (Phi) is 1.25. The number of hydrogen-bond donors (Lipinski definition) is 1. The summed E-state index contributed by atoms with van der Waals surface area (Å²) in [7, 11) is 0. The Hall–Kier alpha value is -1.23. The van der Waals surface area contributed by atoms with Crippen LogP contribution in [0.25, 0.3) is 0 Å². The molecule has 0 spiro atoms. The first-order valence-corrected chi connectivity index (χ1v) is 3.64. The highest BCUT2D eigenvalue weighted by Gasteiger charge is 2.23. The first kappa shape index (κ1) is 5.02. The molecule has 0 unspecified atom stereocenters. The average molecular weight is 208 g/mol. The lowest BCUT2D eigenvalue weighted by molar-refractivity contribution is 0.128. The maximum absolute atomic E-state index is 13.4. The molecule has 76 valence electrons. The van der Waals surface area contributed by atoms with Crippen LogP contribution in [0.1, 0.15) is 6.85 Å². The molecule has 1 fully saturated rings. The smallest absolute Gasteiger partial charge is 0.203 e. The van der Waals surface area contributed by atoms with Crippen molar-refractivity contribution in [3.05, 3.63) is 29.6 Å². The number of benzene rings is 1. The molecule has 14 heavy (non-hydrogen) atoms. The Labute approximate surface area is 85.7 Å². The molecule has 1 N–H and O–H groups in total. The number of nitrogens with one attached hydrogen (secondary N) is 1. The van der Waals surface area contributed by atoms with E-state index in [9.17, 15) is 13.2 Å². The van der Waals surface area contributed by atoms with Crippen LogP contribution in [-0.2, 0) is 0 Å². The molecule has 1 heterocycles.